The first kappa shape index (κ1) is 16.0. The lowest BCUT2D eigenvalue weighted by atomic mass is 10.1. The molecular weight excluding hydrogens is 309 g/mol. The maximum absolute atomic E-state index is 13.6. The average Bonchev–Trinajstić information content (AvgIpc) is 2.93. The van der Waals surface area contributed by atoms with Crippen molar-refractivity contribution in [2.24, 2.45) is 0 Å². The Morgan fingerprint density at radius 3 is 2.96 bits per heavy atom. The van der Waals surface area contributed by atoms with Gasteiger partial charge >= 0.3 is 0 Å². The van der Waals surface area contributed by atoms with Crippen molar-refractivity contribution in [2.45, 2.75) is 19.8 Å². The van der Waals surface area contributed by atoms with Crippen LogP contribution < -0.4 is 10.2 Å². The third kappa shape index (κ3) is 3.37. The number of para-hydroxylation sites is 1. The van der Waals surface area contributed by atoms with Gasteiger partial charge in [-0.15, -0.1) is 0 Å². The molecule has 2 aromatic heterocycles. The Hall–Kier alpha value is -2.89. The number of aromatic nitrogens is 2. The van der Waals surface area contributed by atoms with Gasteiger partial charge in [-0.2, -0.15) is 4.73 Å². The van der Waals surface area contributed by atoms with Crippen molar-refractivity contribution in [1.82, 2.24) is 9.71 Å². The third-order valence-corrected chi connectivity index (χ3v) is 3.59. The molecule has 3 rings (SSSR count). The van der Waals surface area contributed by atoms with E-state index in [1.165, 1.54) is 12.3 Å². The summed E-state index contributed by atoms with van der Waals surface area (Å²) >= 11 is 0. The van der Waals surface area contributed by atoms with Crippen LogP contribution in [-0.4, -0.2) is 22.2 Å². The van der Waals surface area contributed by atoms with Crippen LogP contribution in [0.2, 0.25) is 0 Å². The first-order valence-corrected chi connectivity index (χ1v) is 7.80. The second-order valence-electron chi connectivity index (χ2n) is 5.41. The van der Waals surface area contributed by atoms with Crippen LogP contribution in [0.3, 0.4) is 0 Å². The van der Waals surface area contributed by atoms with E-state index in [2.05, 4.69) is 10.3 Å². The van der Waals surface area contributed by atoms with Crippen LogP contribution in [0.15, 0.2) is 48.9 Å². The number of fused-ring (bicyclic) bond motifs is 1. The van der Waals surface area contributed by atoms with Crippen LogP contribution in [0.1, 0.15) is 18.9 Å². The molecule has 0 atom stereocenters. The fraction of sp³-hybridized carbons (Fsp3) is 0.222. The number of nitrogens with one attached hydrogen (secondary N) is 1. The molecular formula is C18H18FN3O2. The number of carbonyl (C=O) groups is 1. The smallest absolute Gasteiger partial charge is 0.228 e. The second kappa shape index (κ2) is 7.12. The van der Waals surface area contributed by atoms with Crippen molar-refractivity contribution in [2.75, 3.05) is 11.9 Å². The van der Waals surface area contributed by atoms with E-state index in [9.17, 15) is 9.18 Å². The summed E-state index contributed by atoms with van der Waals surface area (Å²) in [7, 11) is 0. The lowest BCUT2D eigenvalue weighted by Gasteiger charge is -2.06. The molecule has 1 aromatic carbocycles. The lowest BCUT2D eigenvalue weighted by molar-refractivity contribution is -0.115. The SMILES string of the molecule is CCCOn1cc(CC(=O)Nc2ccncc2F)c2ccccc21. The molecule has 0 saturated heterocycles. The zero-order valence-electron chi connectivity index (χ0n) is 13.3. The van der Waals surface area contributed by atoms with E-state index >= 15 is 0 Å². The Balaban J connectivity index is 1.82. The summed E-state index contributed by atoms with van der Waals surface area (Å²) in [5, 5.41) is 3.52. The number of halogens is 1. The third-order valence-electron chi connectivity index (χ3n) is 3.59. The fourth-order valence-electron chi connectivity index (χ4n) is 2.50. The van der Waals surface area contributed by atoms with Crippen molar-refractivity contribution >= 4 is 22.5 Å². The van der Waals surface area contributed by atoms with Crippen molar-refractivity contribution in [3.8, 4) is 0 Å². The van der Waals surface area contributed by atoms with Crippen molar-refractivity contribution < 1.29 is 14.0 Å². The van der Waals surface area contributed by atoms with Gasteiger partial charge in [-0.3, -0.25) is 9.78 Å². The number of anilines is 1. The minimum atomic E-state index is -0.556. The van der Waals surface area contributed by atoms with E-state index in [-0.39, 0.29) is 18.0 Å². The zero-order valence-corrected chi connectivity index (χ0v) is 13.3. The highest BCUT2D eigenvalue weighted by Crippen LogP contribution is 2.21. The first-order valence-electron chi connectivity index (χ1n) is 7.80. The van der Waals surface area contributed by atoms with Crippen LogP contribution in [0.4, 0.5) is 10.1 Å². The normalized spacial score (nSPS) is 10.8. The summed E-state index contributed by atoms with van der Waals surface area (Å²) in [6.45, 7) is 2.62. The van der Waals surface area contributed by atoms with Gasteiger partial charge in [-0.1, -0.05) is 25.1 Å². The number of nitrogens with zero attached hydrogens (tertiary/aromatic N) is 2. The van der Waals surface area contributed by atoms with Crippen molar-refractivity contribution in [1.29, 1.82) is 0 Å². The van der Waals surface area contributed by atoms with E-state index in [0.717, 1.165) is 29.1 Å². The predicted octanol–water partition coefficient (Wildman–Crippen LogP) is 3.20. The van der Waals surface area contributed by atoms with Gasteiger partial charge in [-0.05, 0) is 24.1 Å². The Morgan fingerprint density at radius 1 is 1.33 bits per heavy atom. The molecule has 0 saturated carbocycles. The number of carbonyl (C=O) groups excluding carboxylic acids is 1. The molecule has 6 heteroatoms. The number of pyridine rings is 1. The molecule has 0 unspecified atom stereocenters. The van der Waals surface area contributed by atoms with Crippen LogP contribution in [-0.2, 0) is 11.2 Å². The summed E-state index contributed by atoms with van der Waals surface area (Å²) in [4.78, 5) is 21.6. The minimum Gasteiger partial charge on any atom is -0.414 e. The Labute approximate surface area is 139 Å². The number of benzene rings is 1. The summed E-state index contributed by atoms with van der Waals surface area (Å²) in [6, 6.07) is 9.15. The minimum absolute atomic E-state index is 0.126. The Morgan fingerprint density at radius 2 is 2.17 bits per heavy atom. The predicted molar refractivity (Wildman–Crippen MR) is 90.2 cm³/mol. The average molecular weight is 327 g/mol. The molecule has 0 radical (unpaired) electrons. The quantitative estimate of drug-likeness (QED) is 0.756. The van der Waals surface area contributed by atoms with Crippen LogP contribution in [0.25, 0.3) is 10.9 Å². The summed E-state index contributed by atoms with van der Waals surface area (Å²) in [5.74, 6) is -0.849. The monoisotopic (exact) mass is 327 g/mol. The van der Waals surface area contributed by atoms with Crippen LogP contribution in [0, 0.1) is 5.82 Å². The van der Waals surface area contributed by atoms with Gasteiger partial charge in [0.1, 0.15) is 6.61 Å². The molecule has 0 fully saturated rings. The highest BCUT2D eigenvalue weighted by atomic mass is 19.1. The molecule has 1 amide bonds. The fourth-order valence-corrected chi connectivity index (χ4v) is 2.50. The molecule has 0 spiro atoms. The first-order chi connectivity index (χ1) is 11.7. The van der Waals surface area contributed by atoms with Gasteiger partial charge in [-0.25, -0.2) is 4.39 Å². The highest BCUT2D eigenvalue weighted by Gasteiger charge is 2.13. The van der Waals surface area contributed by atoms with E-state index in [1.807, 2.05) is 37.4 Å². The largest absolute Gasteiger partial charge is 0.414 e. The lowest BCUT2D eigenvalue weighted by Crippen LogP contribution is -2.15. The molecule has 0 aliphatic rings. The number of amides is 1. The topological polar surface area (TPSA) is 56.1 Å². The van der Waals surface area contributed by atoms with Gasteiger partial charge < -0.3 is 10.2 Å². The second-order valence-corrected chi connectivity index (χ2v) is 5.41. The van der Waals surface area contributed by atoms with E-state index in [1.54, 1.807) is 4.73 Å². The van der Waals surface area contributed by atoms with Gasteiger partial charge in [0.25, 0.3) is 0 Å². The Bertz CT molecular complexity index is 860. The molecule has 0 aliphatic heterocycles. The van der Waals surface area contributed by atoms with E-state index in [4.69, 9.17) is 4.84 Å². The molecule has 124 valence electrons. The van der Waals surface area contributed by atoms with Crippen molar-refractivity contribution in [3.63, 3.8) is 0 Å². The van der Waals surface area contributed by atoms with Gasteiger partial charge in [0.2, 0.25) is 5.91 Å². The van der Waals surface area contributed by atoms with E-state index in [0.29, 0.717) is 6.61 Å². The summed E-state index contributed by atoms with van der Waals surface area (Å²) in [5.41, 5.74) is 1.86. The molecule has 5 nitrogen and oxygen atoms in total. The Kier molecular flexibility index (Phi) is 4.74. The highest BCUT2D eigenvalue weighted by molar-refractivity contribution is 5.95. The molecule has 0 bridgehead atoms. The number of rotatable bonds is 6. The van der Waals surface area contributed by atoms with Gasteiger partial charge in [0.15, 0.2) is 5.82 Å². The van der Waals surface area contributed by atoms with Gasteiger partial charge in [0, 0.05) is 17.8 Å². The number of hydrogen-bond donors (Lipinski definition) is 1. The standard InChI is InChI=1S/C18H18FN3O2/c1-2-9-24-22-12-13(14-5-3-4-6-17(14)22)10-18(23)21-16-7-8-20-11-15(16)19/h3-8,11-12H,2,9-10H2,1H3,(H,20,21,23). The molecule has 1 N–H and O–H groups in total. The van der Waals surface area contributed by atoms with E-state index < -0.39 is 5.82 Å². The van der Waals surface area contributed by atoms with Crippen LogP contribution in [0.5, 0.6) is 0 Å². The maximum atomic E-state index is 13.6. The van der Waals surface area contributed by atoms with Crippen LogP contribution >= 0.6 is 0 Å². The molecule has 24 heavy (non-hydrogen) atoms. The zero-order chi connectivity index (χ0) is 16.9. The summed E-state index contributed by atoms with van der Waals surface area (Å²) < 4.78 is 15.3. The van der Waals surface area contributed by atoms with Gasteiger partial charge in [0.05, 0.1) is 23.8 Å². The maximum Gasteiger partial charge on any atom is 0.228 e. The molecule has 0 aliphatic carbocycles. The number of hydrogen-bond acceptors (Lipinski definition) is 3. The summed E-state index contributed by atoms with van der Waals surface area (Å²) in [6.07, 6.45) is 5.33. The molecule has 3 aromatic rings. The molecule has 2 heterocycles. The van der Waals surface area contributed by atoms with Crippen molar-refractivity contribution in [3.05, 3.63) is 60.3 Å².